The molecule has 0 bridgehead atoms. The summed E-state index contributed by atoms with van der Waals surface area (Å²) in [5, 5.41) is 0. The Morgan fingerprint density at radius 3 is 2.70 bits per heavy atom. The summed E-state index contributed by atoms with van der Waals surface area (Å²) in [4.78, 5) is 33.2. The molecule has 2 heterocycles. The average Bonchev–Trinajstić information content (AvgIpc) is 2.40. The van der Waals surface area contributed by atoms with Crippen molar-refractivity contribution in [1.82, 2.24) is 14.8 Å². The number of likely N-dealkylation sites (N-methyl/N-ethyl adjacent to an activating group) is 1. The Kier molecular flexibility index (Phi) is 4.92. The van der Waals surface area contributed by atoms with Crippen molar-refractivity contribution in [3.05, 3.63) is 22.0 Å². The number of nitrogens with zero attached hydrogens (tertiary/aromatic N) is 4. The molecule has 20 heavy (non-hydrogen) atoms. The molecule has 0 N–H and O–H groups in total. The fourth-order valence-corrected chi connectivity index (χ4v) is 2.31. The van der Waals surface area contributed by atoms with Gasteiger partial charge >= 0.3 is 0 Å². The van der Waals surface area contributed by atoms with E-state index in [4.69, 9.17) is 0 Å². The van der Waals surface area contributed by atoms with Gasteiger partial charge < -0.3 is 9.80 Å². The number of carbonyl (C=O) groups excluding carboxylic acids is 2. The summed E-state index contributed by atoms with van der Waals surface area (Å²) in [6.45, 7) is 1.84. The highest BCUT2D eigenvalue weighted by Crippen LogP contribution is 2.17. The van der Waals surface area contributed by atoms with Gasteiger partial charge in [0.15, 0.2) is 0 Å². The number of aromatic nitrogens is 1. The number of rotatable bonds is 3. The summed E-state index contributed by atoms with van der Waals surface area (Å²) in [5.41, 5.74) is 0.814. The third kappa shape index (κ3) is 3.66. The van der Waals surface area contributed by atoms with Crippen LogP contribution in [0.15, 0.2) is 18.3 Å². The van der Waals surface area contributed by atoms with Crippen LogP contribution < -0.4 is 4.90 Å². The molecular weight excluding hydrogens is 371 g/mol. The molecule has 0 aliphatic carbocycles. The van der Waals surface area contributed by atoms with Gasteiger partial charge in [0.25, 0.3) is 0 Å². The second-order valence-electron chi connectivity index (χ2n) is 4.88. The van der Waals surface area contributed by atoms with Crippen molar-refractivity contribution >= 4 is 40.1 Å². The van der Waals surface area contributed by atoms with E-state index >= 15 is 0 Å². The third-order valence-corrected chi connectivity index (χ3v) is 3.82. The maximum absolute atomic E-state index is 12.2. The zero-order chi connectivity index (χ0) is 14.7. The van der Waals surface area contributed by atoms with E-state index in [0.717, 1.165) is 9.39 Å². The van der Waals surface area contributed by atoms with E-state index in [-0.39, 0.29) is 24.9 Å². The second-order valence-corrected chi connectivity index (χ2v) is 5.99. The molecule has 0 unspecified atom stereocenters. The van der Waals surface area contributed by atoms with Gasteiger partial charge in [0.1, 0.15) is 3.70 Å². The minimum Gasteiger partial charge on any atom is -0.348 e. The van der Waals surface area contributed by atoms with E-state index in [2.05, 4.69) is 27.6 Å². The Morgan fingerprint density at radius 1 is 1.40 bits per heavy atom. The fraction of sp³-hybridized carbons (Fsp3) is 0.462. The third-order valence-electron chi connectivity index (χ3n) is 3.18. The molecule has 6 nitrogen and oxygen atoms in total. The highest BCUT2D eigenvalue weighted by Gasteiger charge is 2.26. The molecule has 2 amide bonds. The molecule has 1 aliphatic rings. The molecule has 0 spiro atoms. The van der Waals surface area contributed by atoms with E-state index in [1.54, 1.807) is 30.1 Å². The van der Waals surface area contributed by atoms with E-state index in [1.807, 2.05) is 17.0 Å². The molecule has 0 saturated carbocycles. The van der Waals surface area contributed by atoms with Crippen LogP contribution in [0.25, 0.3) is 0 Å². The molecule has 0 radical (unpaired) electrons. The number of hydrogen-bond acceptors (Lipinski definition) is 4. The minimum absolute atomic E-state index is 0.00538. The van der Waals surface area contributed by atoms with Gasteiger partial charge in [-0.3, -0.25) is 14.5 Å². The van der Waals surface area contributed by atoms with Gasteiger partial charge in [-0.2, -0.15) is 0 Å². The lowest BCUT2D eigenvalue weighted by atomic mass is 10.2. The maximum Gasteiger partial charge on any atom is 0.241 e. The second kappa shape index (κ2) is 6.49. The van der Waals surface area contributed by atoms with Crippen molar-refractivity contribution in [2.45, 2.75) is 0 Å². The Morgan fingerprint density at radius 2 is 2.15 bits per heavy atom. The minimum atomic E-state index is 0.00538. The van der Waals surface area contributed by atoms with Crippen LogP contribution in [-0.2, 0) is 9.59 Å². The molecule has 2 rings (SSSR count). The van der Waals surface area contributed by atoms with Gasteiger partial charge in [-0.15, -0.1) is 0 Å². The first-order valence-electron chi connectivity index (χ1n) is 6.32. The summed E-state index contributed by atoms with van der Waals surface area (Å²) in [7, 11) is 3.44. The van der Waals surface area contributed by atoms with Gasteiger partial charge in [-0.05, 0) is 34.7 Å². The number of hydrogen-bond donors (Lipinski definition) is 0. The quantitative estimate of drug-likeness (QED) is 0.557. The summed E-state index contributed by atoms with van der Waals surface area (Å²) in [5.74, 6) is 0.0213. The largest absolute Gasteiger partial charge is 0.348 e. The van der Waals surface area contributed by atoms with Crippen molar-refractivity contribution in [2.24, 2.45) is 0 Å². The average molecular weight is 388 g/mol. The lowest BCUT2D eigenvalue weighted by Crippen LogP contribution is -2.52. The predicted octanol–water partition coefficient (Wildman–Crippen LogP) is 0.423. The summed E-state index contributed by atoms with van der Waals surface area (Å²) in [6, 6.07) is 3.78. The van der Waals surface area contributed by atoms with Gasteiger partial charge in [0, 0.05) is 27.2 Å². The number of pyridine rings is 1. The topological polar surface area (TPSA) is 56.8 Å². The van der Waals surface area contributed by atoms with E-state index < -0.39 is 0 Å². The van der Waals surface area contributed by atoms with Crippen LogP contribution in [0.4, 0.5) is 5.69 Å². The highest BCUT2D eigenvalue weighted by molar-refractivity contribution is 14.1. The first kappa shape index (κ1) is 15.2. The standard InChI is InChI=1S/C13H17IN4O2/c1-16(2)12(19)8-17-5-6-18(13(20)9-17)10-3-4-11(14)15-7-10/h3-4,7H,5-6,8-9H2,1-2H3. The van der Waals surface area contributed by atoms with E-state index in [1.165, 1.54) is 0 Å². The number of carbonyl (C=O) groups is 2. The summed E-state index contributed by atoms with van der Waals surface area (Å²) >= 11 is 2.13. The lowest BCUT2D eigenvalue weighted by Gasteiger charge is -2.34. The van der Waals surface area contributed by atoms with Gasteiger partial charge in [0.05, 0.1) is 25.0 Å². The van der Waals surface area contributed by atoms with Gasteiger partial charge in [-0.25, -0.2) is 4.98 Å². The van der Waals surface area contributed by atoms with Crippen LogP contribution in [-0.4, -0.2) is 66.9 Å². The molecule has 1 aromatic heterocycles. The van der Waals surface area contributed by atoms with Crippen LogP contribution in [0.2, 0.25) is 0 Å². The summed E-state index contributed by atoms with van der Waals surface area (Å²) < 4.78 is 0.897. The number of halogens is 1. The summed E-state index contributed by atoms with van der Waals surface area (Å²) in [6.07, 6.45) is 1.71. The smallest absolute Gasteiger partial charge is 0.241 e. The SMILES string of the molecule is CN(C)C(=O)CN1CCN(c2ccc(I)nc2)C(=O)C1. The fourth-order valence-electron chi connectivity index (χ4n) is 1.99. The van der Waals surface area contributed by atoms with Crippen molar-refractivity contribution in [3.8, 4) is 0 Å². The molecular formula is C13H17IN4O2. The van der Waals surface area contributed by atoms with Gasteiger partial charge in [-0.1, -0.05) is 0 Å². The van der Waals surface area contributed by atoms with Crippen molar-refractivity contribution in [2.75, 3.05) is 45.2 Å². The van der Waals surface area contributed by atoms with Crippen LogP contribution >= 0.6 is 22.6 Å². The molecule has 7 heteroatoms. The lowest BCUT2D eigenvalue weighted by molar-refractivity contribution is -0.131. The Balaban J connectivity index is 1.97. The van der Waals surface area contributed by atoms with Crippen molar-refractivity contribution in [3.63, 3.8) is 0 Å². The predicted molar refractivity (Wildman–Crippen MR) is 84.4 cm³/mol. The Labute approximate surface area is 131 Å². The normalized spacial score (nSPS) is 16.4. The molecule has 1 fully saturated rings. The molecule has 1 aromatic rings. The van der Waals surface area contributed by atoms with Crippen LogP contribution in [0.1, 0.15) is 0 Å². The van der Waals surface area contributed by atoms with E-state index in [0.29, 0.717) is 13.1 Å². The molecule has 0 aromatic carbocycles. The van der Waals surface area contributed by atoms with Crippen molar-refractivity contribution in [1.29, 1.82) is 0 Å². The molecule has 1 aliphatic heterocycles. The Hall–Kier alpha value is -1.22. The van der Waals surface area contributed by atoms with Crippen LogP contribution in [0, 0.1) is 3.70 Å². The zero-order valence-electron chi connectivity index (χ0n) is 11.5. The number of anilines is 1. The Bertz CT molecular complexity index is 504. The molecule has 0 atom stereocenters. The first-order valence-corrected chi connectivity index (χ1v) is 7.39. The molecule has 108 valence electrons. The van der Waals surface area contributed by atoms with Crippen LogP contribution in [0.5, 0.6) is 0 Å². The monoisotopic (exact) mass is 388 g/mol. The van der Waals surface area contributed by atoms with Crippen molar-refractivity contribution < 1.29 is 9.59 Å². The maximum atomic E-state index is 12.2. The first-order chi connectivity index (χ1) is 9.47. The molecule has 1 saturated heterocycles. The van der Waals surface area contributed by atoms with E-state index in [9.17, 15) is 9.59 Å². The number of amides is 2. The van der Waals surface area contributed by atoms with Crippen LogP contribution in [0.3, 0.4) is 0 Å². The zero-order valence-corrected chi connectivity index (χ0v) is 13.7. The number of piperazine rings is 1. The highest BCUT2D eigenvalue weighted by atomic mass is 127. The van der Waals surface area contributed by atoms with Gasteiger partial charge in [0.2, 0.25) is 11.8 Å².